The van der Waals surface area contributed by atoms with Crippen LogP contribution in [0.15, 0.2) is 60.1 Å². The van der Waals surface area contributed by atoms with E-state index in [9.17, 15) is 39.0 Å². The second-order valence-corrected chi connectivity index (χ2v) is 18.5. The summed E-state index contributed by atoms with van der Waals surface area (Å²) in [5.74, 6) is -5.99. The highest BCUT2D eigenvalue weighted by atomic mass is 127. The number of carboxylic acid groups (broad SMARTS) is 2. The molecule has 0 saturated carbocycles. The minimum absolute atomic E-state index is 0.0177. The highest BCUT2D eigenvalue weighted by molar-refractivity contribution is 14.1. The topological polar surface area (TPSA) is 180 Å². The minimum atomic E-state index is -1.52. The number of carboxylic acids is 2. The lowest BCUT2D eigenvalue weighted by Crippen LogP contribution is -2.24. The van der Waals surface area contributed by atoms with Gasteiger partial charge in [-0.2, -0.15) is 0 Å². The van der Waals surface area contributed by atoms with Crippen molar-refractivity contribution in [2.75, 3.05) is 0 Å². The number of aromatic carboxylic acids is 2. The third-order valence-electron chi connectivity index (χ3n) is 7.22. The third-order valence-corrected chi connectivity index (χ3v) is 14.6. The highest BCUT2D eigenvalue weighted by Crippen LogP contribution is 2.27. The molecule has 0 aromatic heterocycles. The number of esters is 4. The van der Waals surface area contributed by atoms with Crippen LogP contribution in [-0.4, -0.2) is 58.2 Å². The zero-order chi connectivity index (χ0) is 40.6. The summed E-state index contributed by atoms with van der Waals surface area (Å²) >= 11 is 12.4. The molecular weight excluding hydrogens is 1390 g/mol. The van der Waals surface area contributed by atoms with Gasteiger partial charge in [-0.05, 0) is 205 Å². The van der Waals surface area contributed by atoms with Gasteiger partial charge in [-0.1, -0.05) is 6.07 Å². The second kappa shape index (κ2) is 21.2. The van der Waals surface area contributed by atoms with Crippen LogP contribution in [-0.2, 0) is 41.4 Å². The van der Waals surface area contributed by atoms with Gasteiger partial charge < -0.3 is 29.2 Å². The first-order valence-corrected chi connectivity index (χ1v) is 21.8. The fourth-order valence-corrected chi connectivity index (χ4v) is 9.44. The van der Waals surface area contributed by atoms with Crippen molar-refractivity contribution in [1.82, 2.24) is 0 Å². The molecule has 0 amide bonds. The first-order valence-electron chi connectivity index (χ1n) is 15.3. The highest BCUT2D eigenvalue weighted by Gasteiger charge is 2.27. The van der Waals surface area contributed by atoms with E-state index in [1.807, 2.05) is 57.3 Å². The molecule has 54 heavy (non-hydrogen) atoms. The van der Waals surface area contributed by atoms with Gasteiger partial charge in [-0.15, -0.1) is 0 Å². The van der Waals surface area contributed by atoms with E-state index >= 15 is 0 Å². The van der Waals surface area contributed by atoms with Crippen molar-refractivity contribution in [1.29, 1.82) is 0 Å². The van der Waals surface area contributed by atoms with E-state index in [0.29, 0.717) is 23.8 Å². The Bertz CT molecular complexity index is 2090. The molecule has 12 nitrogen and oxygen atoms in total. The zero-order valence-electron chi connectivity index (χ0n) is 28.4. The first-order chi connectivity index (χ1) is 25.2. The molecule has 0 saturated heterocycles. The van der Waals surface area contributed by atoms with Gasteiger partial charge >= 0.3 is 35.8 Å². The molecule has 0 heterocycles. The molecule has 18 heteroatoms. The van der Waals surface area contributed by atoms with E-state index in [1.54, 1.807) is 19.1 Å². The maximum absolute atomic E-state index is 12.9. The first kappa shape index (κ1) is 46.7. The van der Waals surface area contributed by atoms with E-state index in [2.05, 4.69) is 90.4 Å². The maximum atomic E-state index is 12.9. The summed E-state index contributed by atoms with van der Waals surface area (Å²) in [5.41, 5.74) is -0.0125. The lowest BCUT2D eigenvalue weighted by Gasteiger charge is -2.21. The standard InChI is InChI=1S/C36H28I6O12/c1-15(13-51-35(49)24-9-20(37)11-26(39)29(24)41)33(47)53-17(3)7-19-5-6-22(31(43)44)28(32(45)46)23(19)8-18(4)54-34(48)16(2)14-52-36(50)25-10-21(38)12-27(40)30(25)42/h5-6,9-14,17-18H,7-8H2,1-4H3,(H,43,44)(H,45,46)/b15-13+,16-14+. The Morgan fingerprint density at radius 3 is 1.46 bits per heavy atom. The number of rotatable bonds is 14. The van der Waals surface area contributed by atoms with Crippen molar-refractivity contribution in [3.8, 4) is 0 Å². The van der Waals surface area contributed by atoms with E-state index in [4.69, 9.17) is 18.9 Å². The van der Waals surface area contributed by atoms with Crippen LogP contribution in [0.1, 0.15) is 80.3 Å². The van der Waals surface area contributed by atoms with Crippen molar-refractivity contribution in [2.24, 2.45) is 0 Å². The van der Waals surface area contributed by atoms with Crippen LogP contribution in [0.5, 0.6) is 0 Å². The summed E-state index contributed by atoms with van der Waals surface area (Å²) in [6.07, 6.45) is -0.139. The van der Waals surface area contributed by atoms with Gasteiger partial charge in [0.25, 0.3) is 0 Å². The van der Waals surface area contributed by atoms with E-state index in [0.717, 1.165) is 32.9 Å². The summed E-state index contributed by atoms with van der Waals surface area (Å²) in [6, 6.07) is 9.68. The summed E-state index contributed by atoms with van der Waals surface area (Å²) in [6.45, 7) is 5.83. The molecule has 0 spiro atoms. The summed E-state index contributed by atoms with van der Waals surface area (Å²) in [4.78, 5) is 75.7. The van der Waals surface area contributed by atoms with Crippen LogP contribution in [0.25, 0.3) is 0 Å². The number of carbonyl (C=O) groups excluding carboxylic acids is 4. The van der Waals surface area contributed by atoms with Gasteiger partial charge in [0.1, 0.15) is 24.7 Å². The molecule has 0 fully saturated rings. The summed E-state index contributed by atoms with van der Waals surface area (Å²) < 4.78 is 26.3. The average molecular weight is 1410 g/mol. The van der Waals surface area contributed by atoms with Crippen molar-refractivity contribution in [2.45, 2.75) is 52.7 Å². The lowest BCUT2D eigenvalue weighted by molar-refractivity contribution is -0.144. The molecule has 0 aliphatic carbocycles. The monoisotopic (exact) mass is 1410 g/mol. The van der Waals surface area contributed by atoms with Gasteiger partial charge in [0.2, 0.25) is 0 Å². The van der Waals surface area contributed by atoms with Gasteiger partial charge in [0.15, 0.2) is 0 Å². The molecule has 0 aliphatic rings. The Kier molecular flexibility index (Phi) is 18.3. The van der Waals surface area contributed by atoms with E-state index in [1.165, 1.54) is 26.8 Å². The normalized spacial score (nSPS) is 12.7. The van der Waals surface area contributed by atoms with Gasteiger partial charge in [-0.25, -0.2) is 28.8 Å². The third kappa shape index (κ3) is 12.9. The Morgan fingerprint density at radius 1 is 0.630 bits per heavy atom. The van der Waals surface area contributed by atoms with Crippen LogP contribution in [0.3, 0.4) is 0 Å². The molecule has 0 radical (unpaired) electrons. The molecule has 3 aromatic carbocycles. The number of halogens is 6. The van der Waals surface area contributed by atoms with Gasteiger partial charge in [-0.3, -0.25) is 0 Å². The fourth-order valence-electron chi connectivity index (χ4n) is 4.69. The predicted molar refractivity (Wildman–Crippen MR) is 246 cm³/mol. The zero-order valence-corrected chi connectivity index (χ0v) is 41.4. The SMILES string of the molecule is C/C(=C\OC(=O)c1cc(I)cc(I)c1I)C(=O)OC(C)Cc1ccc(C(=O)O)c(C(=O)O)c1CC(C)OC(=O)/C(C)=C/OC(=O)c1cc(I)cc(I)c1I. The number of benzene rings is 3. The van der Waals surface area contributed by atoms with Crippen LogP contribution in [0.2, 0.25) is 0 Å². The molecule has 2 unspecified atom stereocenters. The molecule has 3 aromatic rings. The minimum Gasteiger partial charge on any atom is -0.478 e. The van der Waals surface area contributed by atoms with Crippen molar-refractivity contribution in [3.05, 3.63) is 115 Å². The van der Waals surface area contributed by atoms with Crippen LogP contribution in [0.4, 0.5) is 0 Å². The summed E-state index contributed by atoms with van der Waals surface area (Å²) in [5, 5.41) is 19.9. The lowest BCUT2D eigenvalue weighted by atomic mass is 9.89. The van der Waals surface area contributed by atoms with E-state index < -0.39 is 59.2 Å². The predicted octanol–water partition coefficient (Wildman–Crippen LogP) is 9.18. The van der Waals surface area contributed by atoms with E-state index in [-0.39, 0.29) is 29.6 Å². The summed E-state index contributed by atoms with van der Waals surface area (Å²) in [7, 11) is 0. The fraction of sp³-hybridized carbons (Fsp3) is 0.222. The van der Waals surface area contributed by atoms with Crippen molar-refractivity contribution in [3.63, 3.8) is 0 Å². The number of ether oxygens (including phenoxy) is 4. The molecule has 0 aliphatic heterocycles. The quantitative estimate of drug-likeness (QED) is 0.0391. The molecule has 0 bridgehead atoms. The van der Waals surface area contributed by atoms with Crippen LogP contribution < -0.4 is 0 Å². The van der Waals surface area contributed by atoms with Crippen molar-refractivity contribution < 1.29 is 57.9 Å². The average Bonchev–Trinajstić information content (AvgIpc) is 3.08. The molecular formula is C36H28I6O12. The Balaban J connectivity index is 1.77. The Morgan fingerprint density at radius 2 is 1.06 bits per heavy atom. The number of carbonyl (C=O) groups is 6. The van der Waals surface area contributed by atoms with Crippen LogP contribution in [0, 0.1) is 21.4 Å². The molecule has 3 rings (SSSR count). The number of hydrogen-bond acceptors (Lipinski definition) is 10. The smallest absolute Gasteiger partial charge is 0.344 e. The van der Waals surface area contributed by atoms with Gasteiger partial charge in [0, 0.05) is 34.3 Å². The Labute approximate surface area is 391 Å². The maximum Gasteiger partial charge on any atom is 0.344 e. The van der Waals surface area contributed by atoms with Gasteiger partial charge in [0.05, 0.1) is 33.4 Å². The molecule has 2 atom stereocenters. The number of hydrogen-bond donors (Lipinski definition) is 2. The largest absolute Gasteiger partial charge is 0.478 e. The molecule has 2 N–H and O–H groups in total. The van der Waals surface area contributed by atoms with Crippen molar-refractivity contribution >= 4 is 171 Å². The Hall–Kier alpha value is -1.66. The molecule has 286 valence electrons. The second-order valence-electron chi connectivity index (χ2n) is 11.5. The van der Waals surface area contributed by atoms with Crippen LogP contribution >= 0.6 is 136 Å².